The number of Topliss-reactive ketones (excluding diaryl/α,β-unsaturated/α-hetero) is 1. The van der Waals surface area contributed by atoms with Gasteiger partial charge < -0.3 is 0 Å². The van der Waals surface area contributed by atoms with Crippen LogP contribution in [0.5, 0.6) is 0 Å². The summed E-state index contributed by atoms with van der Waals surface area (Å²) in [6.07, 6.45) is -0.0258. The average molecular weight is 508 g/mol. The summed E-state index contributed by atoms with van der Waals surface area (Å²) in [5.74, 6) is -1.94. The van der Waals surface area contributed by atoms with Crippen LogP contribution >= 0.6 is 34.5 Å². The van der Waals surface area contributed by atoms with E-state index < -0.39 is 27.3 Å². The number of hydrogen-bond acceptors (Lipinski definition) is 6. The minimum absolute atomic E-state index is 0.0497. The summed E-state index contributed by atoms with van der Waals surface area (Å²) in [6.45, 7) is 0. The van der Waals surface area contributed by atoms with E-state index in [1.54, 1.807) is 36.4 Å². The van der Waals surface area contributed by atoms with Crippen LogP contribution < -0.4 is 4.90 Å². The molecule has 0 saturated heterocycles. The molecule has 10 heteroatoms. The van der Waals surface area contributed by atoms with E-state index in [-0.39, 0.29) is 23.0 Å². The number of rotatable bonds is 6. The van der Waals surface area contributed by atoms with Gasteiger partial charge in [0, 0.05) is 17.0 Å². The second kappa shape index (κ2) is 8.78. The summed E-state index contributed by atoms with van der Waals surface area (Å²) >= 11 is 12.7. The zero-order valence-corrected chi connectivity index (χ0v) is 19.5. The van der Waals surface area contributed by atoms with Gasteiger partial charge in [-0.05, 0) is 47.5 Å². The van der Waals surface area contributed by atoms with Crippen LogP contribution in [0.1, 0.15) is 21.5 Å². The Balaban J connectivity index is 1.48. The molecule has 0 spiro atoms. The van der Waals surface area contributed by atoms with Crippen LogP contribution in [0.3, 0.4) is 0 Å². The number of thiophene rings is 1. The van der Waals surface area contributed by atoms with E-state index in [1.807, 2.05) is 0 Å². The number of benzene rings is 2. The number of imide groups is 1. The zero-order chi connectivity index (χ0) is 23.0. The van der Waals surface area contributed by atoms with Crippen molar-refractivity contribution in [2.75, 3.05) is 10.7 Å². The van der Waals surface area contributed by atoms with Crippen molar-refractivity contribution in [1.29, 1.82) is 0 Å². The Kier molecular flexibility index (Phi) is 6.22. The molecule has 3 aromatic rings. The van der Waals surface area contributed by atoms with Gasteiger partial charge in [0.2, 0.25) is 5.91 Å². The maximum Gasteiger partial charge on any atom is 0.265 e. The quantitative estimate of drug-likeness (QED) is 0.462. The highest BCUT2D eigenvalue weighted by atomic mass is 35.5. The number of sulfone groups is 1. The van der Waals surface area contributed by atoms with Crippen LogP contribution in [0.4, 0.5) is 5.69 Å². The van der Waals surface area contributed by atoms with E-state index in [2.05, 4.69) is 0 Å². The van der Waals surface area contributed by atoms with Gasteiger partial charge in [-0.25, -0.2) is 13.3 Å². The highest BCUT2D eigenvalue weighted by Crippen LogP contribution is 2.29. The molecule has 0 radical (unpaired) electrons. The molecule has 0 unspecified atom stereocenters. The third-order valence-corrected chi connectivity index (χ3v) is 8.62. The monoisotopic (exact) mass is 507 g/mol. The van der Waals surface area contributed by atoms with Crippen LogP contribution in [0.25, 0.3) is 0 Å². The third-order valence-electron chi connectivity index (χ3n) is 4.90. The molecule has 1 aliphatic rings. The SMILES string of the molecule is O=C(Cc1ccc(N2C(=O)Cc3ccc(Cl)cc3C2=O)cc1)CS(=O)(=O)c1ccc(Cl)s1. The topological polar surface area (TPSA) is 88.6 Å². The van der Waals surface area contributed by atoms with E-state index in [4.69, 9.17) is 23.2 Å². The Bertz CT molecular complexity index is 1350. The minimum atomic E-state index is -3.75. The van der Waals surface area contributed by atoms with Gasteiger partial charge >= 0.3 is 0 Å². The fourth-order valence-corrected chi connectivity index (χ4v) is 6.41. The molecular formula is C22H15Cl2NO5S2. The molecule has 0 fully saturated rings. The van der Waals surface area contributed by atoms with Crippen molar-refractivity contribution >= 4 is 67.7 Å². The smallest absolute Gasteiger partial charge is 0.265 e. The maximum atomic E-state index is 12.9. The molecule has 164 valence electrons. The van der Waals surface area contributed by atoms with E-state index >= 15 is 0 Å². The van der Waals surface area contributed by atoms with Crippen LogP contribution in [0, 0.1) is 0 Å². The van der Waals surface area contributed by atoms with Gasteiger partial charge in [0.05, 0.1) is 16.4 Å². The molecular weight excluding hydrogens is 493 g/mol. The predicted octanol–water partition coefficient (Wildman–Crippen LogP) is 4.37. The van der Waals surface area contributed by atoms with Crippen LogP contribution in [-0.4, -0.2) is 31.8 Å². The summed E-state index contributed by atoms with van der Waals surface area (Å²) in [5.41, 5.74) is 1.92. The molecule has 0 aliphatic carbocycles. The van der Waals surface area contributed by atoms with Gasteiger partial charge in [-0.15, -0.1) is 11.3 Å². The summed E-state index contributed by atoms with van der Waals surface area (Å²) < 4.78 is 25.1. The van der Waals surface area contributed by atoms with Crippen molar-refractivity contribution in [2.24, 2.45) is 0 Å². The second-order valence-corrected chi connectivity index (χ2v) is 11.6. The van der Waals surface area contributed by atoms with E-state index in [9.17, 15) is 22.8 Å². The molecule has 6 nitrogen and oxygen atoms in total. The lowest BCUT2D eigenvalue weighted by molar-refractivity contribution is -0.118. The number of hydrogen-bond donors (Lipinski definition) is 0. The van der Waals surface area contributed by atoms with Gasteiger partial charge in [-0.2, -0.15) is 0 Å². The molecule has 2 aromatic carbocycles. The molecule has 0 saturated carbocycles. The first kappa shape index (κ1) is 22.7. The first-order valence-electron chi connectivity index (χ1n) is 9.38. The van der Waals surface area contributed by atoms with Crippen molar-refractivity contribution in [3.63, 3.8) is 0 Å². The van der Waals surface area contributed by atoms with Gasteiger partial charge in [0.25, 0.3) is 5.91 Å². The largest absolute Gasteiger partial charge is 0.298 e. The summed E-state index contributed by atoms with van der Waals surface area (Å²) in [6, 6.07) is 14.0. The zero-order valence-electron chi connectivity index (χ0n) is 16.4. The highest BCUT2D eigenvalue weighted by Gasteiger charge is 2.32. The summed E-state index contributed by atoms with van der Waals surface area (Å²) in [7, 11) is -3.75. The number of carbonyl (C=O) groups excluding carboxylic acids is 3. The van der Waals surface area contributed by atoms with Crippen molar-refractivity contribution in [3.8, 4) is 0 Å². The lowest BCUT2D eigenvalue weighted by atomic mass is 9.97. The highest BCUT2D eigenvalue weighted by molar-refractivity contribution is 7.94. The van der Waals surface area contributed by atoms with Crippen molar-refractivity contribution in [1.82, 2.24) is 0 Å². The van der Waals surface area contributed by atoms with Gasteiger partial charge in [0.15, 0.2) is 15.6 Å². The standard InChI is InChI=1S/C22H15Cl2NO5S2/c23-15-4-3-14-10-20(27)25(22(28)18(14)11-15)16-5-1-13(2-6-16)9-17(26)12-32(29,30)21-8-7-19(24)31-21/h1-8,11H,9-10,12H2. The Morgan fingerprint density at radius 1 is 1.00 bits per heavy atom. The number of amides is 2. The summed E-state index contributed by atoms with van der Waals surface area (Å²) in [5, 5.41) is 0.403. The Hall–Kier alpha value is -2.52. The summed E-state index contributed by atoms with van der Waals surface area (Å²) in [4.78, 5) is 38.8. The molecule has 2 amide bonds. The third kappa shape index (κ3) is 4.63. The van der Waals surface area contributed by atoms with E-state index in [0.717, 1.165) is 16.2 Å². The normalized spacial score (nSPS) is 13.9. The molecule has 32 heavy (non-hydrogen) atoms. The fraction of sp³-hybridized carbons (Fsp3) is 0.136. The number of anilines is 1. The predicted molar refractivity (Wildman–Crippen MR) is 124 cm³/mol. The van der Waals surface area contributed by atoms with Crippen LogP contribution in [0.15, 0.2) is 58.8 Å². The van der Waals surface area contributed by atoms with Crippen molar-refractivity contribution in [2.45, 2.75) is 17.1 Å². The van der Waals surface area contributed by atoms with E-state index in [1.165, 1.54) is 18.2 Å². The molecule has 0 atom stereocenters. The Morgan fingerprint density at radius 2 is 1.72 bits per heavy atom. The molecule has 1 aliphatic heterocycles. The molecule has 1 aromatic heterocycles. The van der Waals surface area contributed by atoms with Gasteiger partial charge in [0.1, 0.15) is 9.96 Å². The maximum absolute atomic E-state index is 12.9. The lowest BCUT2D eigenvalue weighted by Crippen LogP contribution is -2.42. The first-order chi connectivity index (χ1) is 15.1. The number of nitrogens with zero attached hydrogens (tertiary/aromatic N) is 1. The van der Waals surface area contributed by atoms with Crippen LogP contribution in [0.2, 0.25) is 9.36 Å². The second-order valence-electron chi connectivity index (χ2n) is 7.21. The lowest BCUT2D eigenvalue weighted by Gasteiger charge is -2.27. The number of carbonyl (C=O) groups is 3. The number of halogens is 2. The average Bonchev–Trinajstić information content (AvgIpc) is 3.17. The van der Waals surface area contributed by atoms with Gasteiger partial charge in [-0.3, -0.25) is 14.4 Å². The molecule has 0 bridgehead atoms. The van der Waals surface area contributed by atoms with Crippen molar-refractivity contribution < 1.29 is 22.8 Å². The number of fused-ring (bicyclic) bond motifs is 1. The molecule has 4 rings (SSSR count). The van der Waals surface area contributed by atoms with E-state index in [0.29, 0.717) is 31.7 Å². The first-order valence-corrected chi connectivity index (χ1v) is 12.6. The Labute approximate surface area is 198 Å². The molecule has 0 N–H and O–H groups in total. The Morgan fingerprint density at radius 3 is 2.38 bits per heavy atom. The van der Waals surface area contributed by atoms with Gasteiger partial charge in [-0.1, -0.05) is 41.4 Å². The minimum Gasteiger partial charge on any atom is -0.298 e. The van der Waals surface area contributed by atoms with Crippen molar-refractivity contribution in [3.05, 3.63) is 80.6 Å². The fourth-order valence-electron chi connectivity index (χ4n) is 3.43. The van der Waals surface area contributed by atoms with Crippen LogP contribution in [-0.2, 0) is 32.3 Å². The number of ketones is 1. The molecule has 2 heterocycles.